The van der Waals surface area contributed by atoms with Gasteiger partial charge in [-0.25, -0.2) is 0 Å². The van der Waals surface area contributed by atoms with Gasteiger partial charge in [-0.15, -0.1) is 0 Å². The standard InChI is InChI=1S/C12H15NS/c1-12(2)7-5-9-3-4-11(14)13-10(9)6-8-12/h5-8H,3-4H2,1-2H3,(H,13,14). The van der Waals surface area contributed by atoms with Crippen molar-refractivity contribution in [3.05, 3.63) is 35.6 Å². The molecular weight excluding hydrogens is 190 g/mol. The van der Waals surface area contributed by atoms with Crippen LogP contribution in [0.15, 0.2) is 35.6 Å². The second-order valence-electron chi connectivity index (χ2n) is 4.48. The third kappa shape index (κ3) is 1.95. The number of rotatable bonds is 0. The maximum Gasteiger partial charge on any atom is 0.0800 e. The first-order valence-corrected chi connectivity index (χ1v) is 5.39. The van der Waals surface area contributed by atoms with Crippen molar-refractivity contribution in [3.63, 3.8) is 0 Å². The van der Waals surface area contributed by atoms with Crippen molar-refractivity contribution < 1.29 is 0 Å². The molecule has 0 bridgehead atoms. The highest BCUT2D eigenvalue weighted by molar-refractivity contribution is 7.80. The predicted octanol–water partition coefficient (Wildman–Crippen LogP) is 3.10. The Morgan fingerprint density at radius 3 is 2.71 bits per heavy atom. The van der Waals surface area contributed by atoms with E-state index in [1.165, 1.54) is 11.3 Å². The van der Waals surface area contributed by atoms with Crippen LogP contribution in [0.25, 0.3) is 0 Å². The minimum atomic E-state index is 0.153. The third-order valence-corrected chi connectivity index (χ3v) is 2.94. The molecular formula is C12H15NS. The van der Waals surface area contributed by atoms with Crippen molar-refractivity contribution in [3.8, 4) is 0 Å². The molecule has 1 aliphatic carbocycles. The van der Waals surface area contributed by atoms with Gasteiger partial charge in [-0.05, 0) is 18.1 Å². The van der Waals surface area contributed by atoms with Gasteiger partial charge in [-0.1, -0.05) is 44.3 Å². The van der Waals surface area contributed by atoms with Gasteiger partial charge in [-0.3, -0.25) is 0 Å². The van der Waals surface area contributed by atoms with E-state index in [0.717, 1.165) is 17.8 Å². The number of hydrogen-bond acceptors (Lipinski definition) is 1. The Balaban J connectivity index is 2.34. The molecule has 2 heteroatoms. The monoisotopic (exact) mass is 205 g/mol. The smallest absolute Gasteiger partial charge is 0.0800 e. The number of thiocarbonyl (C=S) groups is 1. The minimum Gasteiger partial charge on any atom is -0.350 e. The first-order chi connectivity index (χ1) is 6.57. The van der Waals surface area contributed by atoms with E-state index in [9.17, 15) is 0 Å². The van der Waals surface area contributed by atoms with E-state index in [4.69, 9.17) is 12.2 Å². The Labute approximate surface area is 90.6 Å². The molecule has 0 saturated heterocycles. The average Bonchev–Trinajstić information content (AvgIpc) is 2.26. The molecule has 0 unspecified atom stereocenters. The van der Waals surface area contributed by atoms with Crippen LogP contribution in [0.2, 0.25) is 0 Å². The Morgan fingerprint density at radius 1 is 1.21 bits per heavy atom. The maximum absolute atomic E-state index is 5.17. The lowest BCUT2D eigenvalue weighted by Gasteiger charge is -2.18. The summed E-state index contributed by atoms with van der Waals surface area (Å²) in [6.45, 7) is 4.41. The van der Waals surface area contributed by atoms with Gasteiger partial charge >= 0.3 is 0 Å². The molecule has 0 amide bonds. The fourth-order valence-corrected chi connectivity index (χ4v) is 1.88. The van der Waals surface area contributed by atoms with Gasteiger partial charge < -0.3 is 5.32 Å². The molecule has 74 valence electrons. The molecule has 2 aliphatic rings. The van der Waals surface area contributed by atoms with Gasteiger partial charge in [0.2, 0.25) is 0 Å². The highest BCUT2D eigenvalue weighted by Gasteiger charge is 2.17. The first-order valence-electron chi connectivity index (χ1n) is 4.98. The van der Waals surface area contributed by atoms with E-state index in [-0.39, 0.29) is 5.41 Å². The predicted molar refractivity (Wildman–Crippen MR) is 64.1 cm³/mol. The molecule has 0 atom stereocenters. The Hall–Kier alpha value is -0.890. The second-order valence-corrected chi connectivity index (χ2v) is 4.97. The van der Waals surface area contributed by atoms with Crippen LogP contribution in [-0.2, 0) is 0 Å². The fraction of sp³-hybridized carbons (Fsp3) is 0.417. The van der Waals surface area contributed by atoms with E-state index in [2.05, 4.69) is 43.5 Å². The molecule has 0 radical (unpaired) electrons. The summed E-state index contributed by atoms with van der Waals surface area (Å²) in [7, 11) is 0. The van der Waals surface area contributed by atoms with Gasteiger partial charge in [0.05, 0.1) is 4.99 Å². The molecule has 0 saturated carbocycles. The summed E-state index contributed by atoms with van der Waals surface area (Å²) < 4.78 is 0. The fourth-order valence-electron chi connectivity index (χ4n) is 1.67. The van der Waals surface area contributed by atoms with Crippen LogP contribution in [0.1, 0.15) is 26.7 Å². The summed E-state index contributed by atoms with van der Waals surface area (Å²) in [6, 6.07) is 0. The summed E-state index contributed by atoms with van der Waals surface area (Å²) in [5, 5.41) is 3.27. The summed E-state index contributed by atoms with van der Waals surface area (Å²) in [5.41, 5.74) is 2.71. The SMILES string of the molecule is CC1(C)C=CC2=C(C=C1)NC(=S)CC2. The molecule has 1 N–H and O–H groups in total. The summed E-state index contributed by atoms with van der Waals surface area (Å²) in [5.74, 6) is 0. The molecule has 0 aromatic carbocycles. The lowest BCUT2D eigenvalue weighted by molar-refractivity contribution is 0.626. The van der Waals surface area contributed by atoms with E-state index in [1.807, 2.05) is 0 Å². The first kappa shape index (κ1) is 9.66. The van der Waals surface area contributed by atoms with Gasteiger partial charge in [-0.2, -0.15) is 0 Å². The van der Waals surface area contributed by atoms with Crippen molar-refractivity contribution in [2.45, 2.75) is 26.7 Å². The van der Waals surface area contributed by atoms with E-state index >= 15 is 0 Å². The van der Waals surface area contributed by atoms with E-state index in [0.29, 0.717) is 0 Å². The zero-order valence-electron chi connectivity index (χ0n) is 8.63. The molecule has 0 fully saturated rings. The largest absolute Gasteiger partial charge is 0.350 e. The highest BCUT2D eigenvalue weighted by atomic mass is 32.1. The molecule has 1 heterocycles. The van der Waals surface area contributed by atoms with Gasteiger partial charge in [0.1, 0.15) is 0 Å². The summed E-state index contributed by atoms with van der Waals surface area (Å²) in [6.07, 6.45) is 10.9. The molecule has 0 spiro atoms. The Morgan fingerprint density at radius 2 is 1.93 bits per heavy atom. The molecule has 14 heavy (non-hydrogen) atoms. The third-order valence-electron chi connectivity index (χ3n) is 2.64. The van der Waals surface area contributed by atoms with Crippen LogP contribution in [0, 0.1) is 5.41 Å². The minimum absolute atomic E-state index is 0.153. The number of allylic oxidation sites excluding steroid dienone is 5. The molecule has 0 aromatic rings. The summed E-state index contributed by atoms with van der Waals surface area (Å²) >= 11 is 5.17. The van der Waals surface area contributed by atoms with E-state index in [1.54, 1.807) is 0 Å². The molecule has 2 rings (SSSR count). The maximum atomic E-state index is 5.17. The van der Waals surface area contributed by atoms with Crippen molar-refractivity contribution >= 4 is 17.2 Å². The Bertz CT molecular complexity index is 359. The van der Waals surface area contributed by atoms with Crippen molar-refractivity contribution in [2.24, 2.45) is 5.41 Å². The van der Waals surface area contributed by atoms with Gasteiger partial charge in [0, 0.05) is 17.5 Å². The van der Waals surface area contributed by atoms with Crippen LogP contribution < -0.4 is 5.32 Å². The summed E-state index contributed by atoms with van der Waals surface area (Å²) in [4.78, 5) is 0.960. The number of hydrogen-bond donors (Lipinski definition) is 1. The van der Waals surface area contributed by atoms with Crippen molar-refractivity contribution in [2.75, 3.05) is 0 Å². The van der Waals surface area contributed by atoms with Crippen molar-refractivity contribution in [1.82, 2.24) is 5.32 Å². The average molecular weight is 205 g/mol. The van der Waals surface area contributed by atoms with Crippen LogP contribution in [0.5, 0.6) is 0 Å². The molecule has 0 aromatic heterocycles. The van der Waals surface area contributed by atoms with Crippen LogP contribution in [0.3, 0.4) is 0 Å². The Kier molecular flexibility index (Phi) is 2.31. The normalized spacial score (nSPS) is 24.3. The lowest BCUT2D eigenvalue weighted by Crippen LogP contribution is -2.24. The number of nitrogens with one attached hydrogen (secondary N) is 1. The van der Waals surface area contributed by atoms with Gasteiger partial charge in [0.25, 0.3) is 0 Å². The quantitative estimate of drug-likeness (QED) is 0.610. The second kappa shape index (κ2) is 3.35. The zero-order chi connectivity index (χ0) is 10.2. The topological polar surface area (TPSA) is 12.0 Å². The van der Waals surface area contributed by atoms with E-state index < -0.39 is 0 Å². The molecule has 1 nitrogen and oxygen atoms in total. The van der Waals surface area contributed by atoms with Crippen LogP contribution in [0.4, 0.5) is 0 Å². The lowest BCUT2D eigenvalue weighted by atomic mass is 9.93. The zero-order valence-corrected chi connectivity index (χ0v) is 9.45. The highest BCUT2D eigenvalue weighted by Crippen LogP contribution is 2.28. The van der Waals surface area contributed by atoms with Crippen LogP contribution >= 0.6 is 12.2 Å². The van der Waals surface area contributed by atoms with Gasteiger partial charge in [0.15, 0.2) is 0 Å². The van der Waals surface area contributed by atoms with Crippen molar-refractivity contribution in [1.29, 1.82) is 0 Å². The molecule has 1 aliphatic heterocycles. The van der Waals surface area contributed by atoms with Crippen LogP contribution in [-0.4, -0.2) is 4.99 Å².